The van der Waals surface area contributed by atoms with E-state index < -0.39 is 17.8 Å². The lowest BCUT2D eigenvalue weighted by Gasteiger charge is -2.16. The second kappa shape index (κ2) is 6.91. The number of aliphatic hydroxyl groups excluding tert-OH is 1. The molecule has 108 valence electrons. The molecule has 0 aliphatic rings. The summed E-state index contributed by atoms with van der Waals surface area (Å²) in [6.07, 6.45) is -3.94. The maximum absolute atomic E-state index is 12.5. The summed E-state index contributed by atoms with van der Waals surface area (Å²) >= 11 is 0. The van der Waals surface area contributed by atoms with Gasteiger partial charge in [-0.25, -0.2) is 0 Å². The fourth-order valence-electron chi connectivity index (χ4n) is 1.90. The summed E-state index contributed by atoms with van der Waals surface area (Å²) in [6.45, 7) is 4.63. The first kappa shape index (κ1) is 16.0. The molecule has 5 heteroatoms. The summed E-state index contributed by atoms with van der Waals surface area (Å²) in [7, 11) is 0. The van der Waals surface area contributed by atoms with Gasteiger partial charge in [-0.15, -0.1) is 0 Å². The van der Waals surface area contributed by atoms with Gasteiger partial charge in [-0.05, 0) is 49.9 Å². The number of hydrogen-bond acceptors (Lipinski definition) is 2. The number of hydrogen-bond donors (Lipinski definition) is 1. The van der Waals surface area contributed by atoms with E-state index in [0.29, 0.717) is 37.2 Å². The molecule has 0 aliphatic carbocycles. The van der Waals surface area contributed by atoms with Crippen LogP contribution in [0.1, 0.15) is 42.6 Å². The Morgan fingerprint density at radius 3 is 2.53 bits per heavy atom. The topological polar surface area (TPSA) is 29.5 Å². The van der Waals surface area contributed by atoms with Gasteiger partial charge >= 0.3 is 6.18 Å². The van der Waals surface area contributed by atoms with Crippen LogP contribution in [0.5, 0.6) is 0 Å². The second-order valence-electron chi connectivity index (χ2n) is 4.42. The molecule has 0 amide bonds. The number of aryl methyl sites for hydroxylation is 1. The van der Waals surface area contributed by atoms with E-state index in [-0.39, 0.29) is 0 Å². The van der Waals surface area contributed by atoms with E-state index in [1.807, 2.05) is 6.92 Å². The first-order valence-corrected chi connectivity index (χ1v) is 6.29. The van der Waals surface area contributed by atoms with Crippen molar-refractivity contribution in [3.63, 3.8) is 0 Å². The zero-order valence-electron chi connectivity index (χ0n) is 11.1. The fraction of sp³-hybridized carbons (Fsp3) is 0.571. The monoisotopic (exact) mass is 276 g/mol. The molecule has 1 aromatic rings. The Bertz CT molecular complexity index is 402. The summed E-state index contributed by atoms with van der Waals surface area (Å²) in [5, 5.41) is 9.96. The van der Waals surface area contributed by atoms with Gasteiger partial charge in [0.2, 0.25) is 0 Å². The fourth-order valence-corrected chi connectivity index (χ4v) is 1.90. The molecule has 2 nitrogen and oxygen atoms in total. The van der Waals surface area contributed by atoms with Gasteiger partial charge in [-0.3, -0.25) is 0 Å². The molecule has 0 radical (unpaired) electrons. The molecule has 0 fully saturated rings. The zero-order chi connectivity index (χ0) is 14.5. The van der Waals surface area contributed by atoms with Crippen LogP contribution in [0, 0.1) is 6.92 Å². The molecule has 1 atom stereocenters. The average Bonchev–Trinajstić information content (AvgIpc) is 2.33. The lowest BCUT2D eigenvalue weighted by Crippen LogP contribution is -2.08. The van der Waals surface area contributed by atoms with Gasteiger partial charge in [0.05, 0.1) is 11.7 Å². The second-order valence-corrected chi connectivity index (χ2v) is 4.42. The number of alkyl halides is 3. The summed E-state index contributed by atoms with van der Waals surface area (Å²) in [5.41, 5.74) is 0.318. The standard InChI is InChI=1S/C14H19F3O2/c1-3-19-8-4-5-13(18)12-7-6-11(9-10(12)2)14(15,16)17/h6-7,9,13,18H,3-5,8H2,1-2H3. The van der Waals surface area contributed by atoms with Gasteiger partial charge in [0.25, 0.3) is 0 Å². The van der Waals surface area contributed by atoms with E-state index in [1.165, 1.54) is 6.07 Å². The van der Waals surface area contributed by atoms with Crippen molar-refractivity contribution < 1.29 is 23.0 Å². The Morgan fingerprint density at radius 2 is 2.00 bits per heavy atom. The molecular formula is C14H19F3O2. The summed E-state index contributed by atoms with van der Waals surface area (Å²) < 4.78 is 42.7. The molecule has 1 aromatic carbocycles. The first-order valence-electron chi connectivity index (χ1n) is 6.29. The third-order valence-electron chi connectivity index (χ3n) is 2.93. The third kappa shape index (κ3) is 4.84. The van der Waals surface area contributed by atoms with Crippen molar-refractivity contribution in [2.75, 3.05) is 13.2 Å². The molecule has 1 unspecified atom stereocenters. The maximum Gasteiger partial charge on any atom is 0.416 e. The molecule has 0 bridgehead atoms. The smallest absolute Gasteiger partial charge is 0.388 e. The molecule has 0 saturated carbocycles. The summed E-state index contributed by atoms with van der Waals surface area (Å²) in [5.74, 6) is 0. The van der Waals surface area contributed by atoms with Gasteiger partial charge < -0.3 is 9.84 Å². The highest BCUT2D eigenvalue weighted by atomic mass is 19.4. The number of halogens is 3. The molecule has 1 N–H and O–H groups in total. The lowest BCUT2D eigenvalue weighted by molar-refractivity contribution is -0.137. The van der Waals surface area contributed by atoms with E-state index in [2.05, 4.69) is 0 Å². The van der Waals surface area contributed by atoms with Crippen molar-refractivity contribution in [3.05, 3.63) is 34.9 Å². The number of ether oxygens (including phenoxy) is 1. The van der Waals surface area contributed by atoms with E-state index in [4.69, 9.17) is 4.74 Å². The van der Waals surface area contributed by atoms with Crippen LogP contribution in [-0.4, -0.2) is 18.3 Å². The minimum atomic E-state index is -4.34. The van der Waals surface area contributed by atoms with Crippen LogP contribution < -0.4 is 0 Å². The zero-order valence-corrected chi connectivity index (χ0v) is 11.1. The molecule has 0 aliphatic heterocycles. The molecule has 0 spiro atoms. The van der Waals surface area contributed by atoms with Crippen LogP contribution >= 0.6 is 0 Å². The van der Waals surface area contributed by atoms with E-state index in [1.54, 1.807) is 6.92 Å². The van der Waals surface area contributed by atoms with Crippen molar-refractivity contribution in [1.29, 1.82) is 0 Å². The Morgan fingerprint density at radius 1 is 1.32 bits per heavy atom. The van der Waals surface area contributed by atoms with E-state index in [0.717, 1.165) is 12.1 Å². The van der Waals surface area contributed by atoms with Crippen LogP contribution in [0.4, 0.5) is 13.2 Å². The number of benzene rings is 1. The third-order valence-corrected chi connectivity index (χ3v) is 2.93. The molecule has 1 rings (SSSR count). The Hall–Kier alpha value is -1.07. The van der Waals surface area contributed by atoms with Crippen molar-refractivity contribution in [2.45, 2.75) is 39.0 Å². The van der Waals surface area contributed by atoms with E-state index >= 15 is 0 Å². The number of aliphatic hydroxyl groups is 1. The normalized spacial score (nSPS) is 13.6. The highest BCUT2D eigenvalue weighted by molar-refractivity contribution is 5.33. The minimum Gasteiger partial charge on any atom is -0.388 e. The van der Waals surface area contributed by atoms with Crippen molar-refractivity contribution in [1.82, 2.24) is 0 Å². The minimum absolute atomic E-state index is 0.457. The highest BCUT2D eigenvalue weighted by Crippen LogP contribution is 2.32. The van der Waals surface area contributed by atoms with Crippen LogP contribution in [0.3, 0.4) is 0 Å². The molecule has 0 heterocycles. The Balaban J connectivity index is 2.68. The van der Waals surface area contributed by atoms with Gasteiger partial charge in [-0.2, -0.15) is 13.2 Å². The molecule has 0 aromatic heterocycles. The lowest BCUT2D eigenvalue weighted by atomic mass is 9.98. The maximum atomic E-state index is 12.5. The van der Waals surface area contributed by atoms with Crippen LogP contribution in [-0.2, 0) is 10.9 Å². The van der Waals surface area contributed by atoms with E-state index in [9.17, 15) is 18.3 Å². The predicted molar refractivity (Wildman–Crippen MR) is 66.9 cm³/mol. The Kier molecular flexibility index (Phi) is 5.82. The average molecular weight is 276 g/mol. The number of rotatable bonds is 6. The van der Waals surface area contributed by atoms with Crippen molar-refractivity contribution in [2.24, 2.45) is 0 Å². The SMILES string of the molecule is CCOCCCC(O)c1ccc(C(F)(F)F)cc1C. The van der Waals surface area contributed by atoms with Gasteiger partial charge in [-0.1, -0.05) is 6.07 Å². The quantitative estimate of drug-likeness (QED) is 0.799. The molecular weight excluding hydrogens is 257 g/mol. The van der Waals surface area contributed by atoms with Crippen LogP contribution in [0.2, 0.25) is 0 Å². The highest BCUT2D eigenvalue weighted by Gasteiger charge is 2.30. The molecule has 19 heavy (non-hydrogen) atoms. The van der Waals surface area contributed by atoms with Crippen LogP contribution in [0.15, 0.2) is 18.2 Å². The predicted octanol–water partition coefficient (Wildman–Crippen LogP) is 3.86. The van der Waals surface area contributed by atoms with Crippen molar-refractivity contribution in [3.8, 4) is 0 Å². The van der Waals surface area contributed by atoms with Gasteiger partial charge in [0.15, 0.2) is 0 Å². The largest absolute Gasteiger partial charge is 0.416 e. The summed E-state index contributed by atoms with van der Waals surface area (Å²) in [4.78, 5) is 0. The van der Waals surface area contributed by atoms with Crippen LogP contribution in [0.25, 0.3) is 0 Å². The van der Waals surface area contributed by atoms with Gasteiger partial charge in [0.1, 0.15) is 0 Å². The first-order chi connectivity index (χ1) is 8.86. The molecule has 0 saturated heterocycles. The Labute approximate surface area is 111 Å². The van der Waals surface area contributed by atoms with Gasteiger partial charge in [0, 0.05) is 13.2 Å². The summed E-state index contributed by atoms with van der Waals surface area (Å²) in [6, 6.07) is 3.43. The van der Waals surface area contributed by atoms with Crippen molar-refractivity contribution >= 4 is 0 Å².